The fourth-order valence-electron chi connectivity index (χ4n) is 4.08. The van der Waals surface area contributed by atoms with Gasteiger partial charge in [0.1, 0.15) is 71.6 Å². The number of ketones is 1. The van der Waals surface area contributed by atoms with Crippen molar-refractivity contribution in [2.75, 3.05) is 13.2 Å². The molecule has 2 saturated heterocycles. The van der Waals surface area contributed by atoms with E-state index >= 15 is 0 Å². The van der Waals surface area contributed by atoms with Crippen LogP contribution in [0.5, 0.6) is 17.2 Å². The van der Waals surface area contributed by atoms with Crippen LogP contribution < -0.4 is 9.47 Å². The van der Waals surface area contributed by atoms with Crippen LogP contribution in [0.4, 0.5) is 0 Å². The Morgan fingerprint density at radius 2 is 1.30 bits per heavy atom. The second-order valence-electron chi connectivity index (χ2n) is 9.47. The topological polar surface area (TPSA) is 236 Å². The van der Waals surface area contributed by atoms with E-state index in [1.165, 1.54) is 0 Å². The van der Waals surface area contributed by atoms with E-state index in [9.17, 15) is 50.8 Å². The molecule has 0 aromatic heterocycles. The Morgan fingerprint density at radius 1 is 0.811 bits per heavy atom. The molecular weight excluding hydrogens is 500 g/mol. The van der Waals surface area contributed by atoms with Gasteiger partial charge in [0.25, 0.3) is 0 Å². The summed E-state index contributed by atoms with van der Waals surface area (Å²) in [5, 5.41) is 90.1. The van der Waals surface area contributed by atoms with Crippen molar-refractivity contribution in [1.82, 2.24) is 0 Å². The molecule has 0 saturated carbocycles. The summed E-state index contributed by atoms with van der Waals surface area (Å²) in [5.41, 5.74) is -0.313. The molecule has 0 unspecified atom stereocenters. The highest BCUT2D eigenvalue weighted by Gasteiger charge is 2.46. The zero-order chi connectivity index (χ0) is 27.6. The minimum atomic E-state index is -1.82. The van der Waals surface area contributed by atoms with E-state index in [-0.39, 0.29) is 29.4 Å². The van der Waals surface area contributed by atoms with Gasteiger partial charge >= 0.3 is 0 Å². The van der Waals surface area contributed by atoms with Crippen molar-refractivity contribution >= 4 is 5.78 Å². The molecule has 0 radical (unpaired) electrons. The third-order valence-electron chi connectivity index (χ3n) is 6.12. The number of aromatic hydroxyl groups is 1. The van der Waals surface area contributed by atoms with E-state index < -0.39 is 86.2 Å². The molecule has 210 valence electrons. The Labute approximate surface area is 211 Å². The number of carbonyl (C=O) groups excluding carboxylic acids is 1. The quantitative estimate of drug-likeness (QED) is 0.143. The number of aliphatic hydroxyl groups is 8. The smallest absolute Gasteiger partial charge is 0.229 e. The molecule has 10 atom stereocenters. The highest BCUT2D eigenvalue weighted by molar-refractivity contribution is 6.01. The summed E-state index contributed by atoms with van der Waals surface area (Å²) in [6.45, 7) is 2.10. The highest BCUT2D eigenvalue weighted by atomic mass is 16.7. The molecule has 2 heterocycles. The number of ether oxygens (including phenoxy) is 4. The van der Waals surface area contributed by atoms with E-state index in [2.05, 4.69) is 0 Å². The van der Waals surface area contributed by atoms with Crippen LogP contribution >= 0.6 is 0 Å². The van der Waals surface area contributed by atoms with Gasteiger partial charge in [-0.3, -0.25) is 4.79 Å². The van der Waals surface area contributed by atoms with E-state index in [1.54, 1.807) is 13.8 Å². The molecule has 0 bridgehead atoms. The van der Waals surface area contributed by atoms with Gasteiger partial charge in [-0.25, -0.2) is 0 Å². The molecule has 1 aromatic carbocycles. The summed E-state index contributed by atoms with van der Waals surface area (Å²) >= 11 is 0. The molecule has 9 N–H and O–H groups in total. The summed E-state index contributed by atoms with van der Waals surface area (Å²) in [6, 6.07) is 2.10. The normalized spacial score (nSPS) is 36.4. The zero-order valence-corrected chi connectivity index (χ0v) is 20.2. The predicted octanol–water partition coefficient (Wildman–Crippen LogP) is -3.02. The van der Waals surface area contributed by atoms with Crippen LogP contribution in [0.25, 0.3) is 0 Å². The maximum atomic E-state index is 12.9. The molecule has 0 aliphatic carbocycles. The van der Waals surface area contributed by atoms with Crippen LogP contribution in [0.3, 0.4) is 0 Å². The first-order chi connectivity index (χ1) is 17.4. The Morgan fingerprint density at radius 3 is 1.76 bits per heavy atom. The second kappa shape index (κ2) is 12.2. The standard InChI is InChI=1S/C23H34O14/c1-8(2)3-10(26)15-11(27)4-9(34-22-20(32)18(30)16(28)13(6-24)36-22)5-12(15)35-23-21(33)19(31)17(29)14(7-25)37-23/h4-5,8,13-14,16-25,27-33H,3,6-7H2,1-2H3/t13-,14-,16-,17-,18+,19+,20-,21-,22-,23-/m1/s1. The van der Waals surface area contributed by atoms with Gasteiger partial charge in [0.05, 0.1) is 13.2 Å². The van der Waals surface area contributed by atoms with Gasteiger partial charge in [-0.15, -0.1) is 0 Å². The molecular formula is C23H34O14. The van der Waals surface area contributed by atoms with Gasteiger partial charge in [-0.1, -0.05) is 13.8 Å². The lowest BCUT2D eigenvalue weighted by Gasteiger charge is -2.40. The molecule has 1 aromatic rings. The first-order valence-electron chi connectivity index (χ1n) is 11.7. The van der Waals surface area contributed by atoms with Crippen molar-refractivity contribution in [3.8, 4) is 17.2 Å². The molecule has 3 rings (SSSR count). The predicted molar refractivity (Wildman–Crippen MR) is 121 cm³/mol. The van der Waals surface area contributed by atoms with Gasteiger partial charge in [0, 0.05) is 18.6 Å². The second-order valence-corrected chi connectivity index (χ2v) is 9.47. The Balaban J connectivity index is 1.95. The van der Waals surface area contributed by atoms with Crippen LogP contribution in [0, 0.1) is 5.92 Å². The molecule has 2 fully saturated rings. The average Bonchev–Trinajstić information content (AvgIpc) is 2.84. The van der Waals surface area contributed by atoms with Gasteiger partial charge in [-0.05, 0) is 5.92 Å². The Bertz CT molecular complexity index is 921. The van der Waals surface area contributed by atoms with Crippen molar-refractivity contribution in [3.05, 3.63) is 17.7 Å². The number of rotatable bonds is 9. The minimum Gasteiger partial charge on any atom is -0.507 e. The summed E-state index contributed by atoms with van der Waals surface area (Å²) in [7, 11) is 0. The third-order valence-corrected chi connectivity index (χ3v) is 6.12. The lowest BCUT2D eigenvalue weighted by Crippen LogP contribution is -2.60. The molecule has 2 aliphatic rings. The first kappa shape index (κ1) is 29.4. The zero-order valence-electron chi connectivity index (χ0n) is 20.2. The van der Waals surface area contributed by atoms with Crippen molar-refractivity contribution in [2.24, 2.45) is 5.92 Å². The van der Waals surface area contributed by atoms with Crippen molar-refractivity contribution in [1.29, 1.82) is 0 Å². The number of aliphatic hydroxyl groups excluding tert-OH is 8. The van der Waals surface area contributed by atoms with Crippen molar-refractivity contribution < 1.29 is 69.7 Å². The van der Waals surface area contributed by atoms with E-state index in [1.807, 2.05) is 0 Å². The highest BCUT2D eigenvalue weighted by Crippen LogP contribution is 2.38. The van der Waals surface area contributed by atoms with Crippen LogP contribution in [-0.4, -0.2) is 126 Å². The summed E-state index contributed by atoms with van der Waals surface area (Å²) in [6.07, 6.45) is -16.3. The van der Waals surface area contributed by atoms with Gasteiger partial charge in [0.2, 0.25) is 12.6 Å². The molecule has 0 amide bonds. The lowest BCUT2D eigenvalue weighted by molar-refractivity contribution is -0.278. The van der Waals surface area contributed by atoms with Crippen LogP contribution in [0.1, 0.15) is 30.6 Å². The fraction of sp³-hybridized carbons (Fsp3) is 0.696. The third kappa shape index (κ3) is 6.31. The maximum absolute atomic E-state index is 12.9. The van der Waals surface area contributed by atoms with Crippen molar-refractivity contribution in [3.63, 3.8) is 0 Å². The van der Waals surface area contributed by atoms with Crippen LogP contribution in [0.2, 0.25) is 0 Å². The monoisotopic (exact) mass is 534 g/mol. The number of phenolic OH excluding ortho intramolecular Hbond substituents is 1. The first-order valence-corrected chi connectivity index (χ1v) is 11.7. The van der Waals surface area contributed by atoms with Gasteiger partial charge in [0.15, 0.2) is 5.78 Å². The summed E-state index contributed by atoms with van der Waals surface area (Å²) in [5.74, 6) is -1.90. The molecule has 2 aliphatic heterocycles. The van der Waals surface area contributed by atoms with E-state index in [4.69, 9.17) is 18.9 Å². The largest absolute Gasteiger partial charge is 0.507 e. The van der Waals surface area contributed by atoms with Gasteiger partial charge < -0.3 is 64.9 Å². The SMILES string of the molecule is CC(C)CC(=O)c1c(O)cc(O[C@@H]2O[C@H](CO)[C@@H](O)[C@H](O)[C@H]2O)cc1O[C@@H]1O[C@H](CO)[C@@H](O)[C@H](O)[C@H]1O. The Hall–Kier alpha value is -2.11. The number of hydrogen-bond donors (Lipinski definition) is 9. The molecule has 37 heavy (non-hydrogen) atoms. The molecule has 0 spiro atoms. The number of carbonyl (C=O) groups is 1. The number of benzene rings is 1. The number of hydrogen-bond acceptors (Lipinski definition) is 14. The molecule has 14 nitrogen and oxygen atoms in total. The Kier molecular flexibility index (Phi) is 9.68. The maximum Gasteiger partial charge on any atom is 0.229 e. The summed E-state index contributed by atoms with van der Waals surface area (Å²) in [4.78, 5) is 12.9. The van der Waals surface area contributed by atoms with E-state index in [0.29, 0.717) is 0 Å². The summed E-state index contributed by atoms with van der Waals surface area (Å²) < 4.78 is 21.8. The van der Waals surface area contributed by atoms with Gasteiger partial charge in [-0.2, -0.15) is 0 Å². The van der Waals surface area contributed by atoms with E-state index in [0.717, 1.165) is 12.1 Å². The number of Topliss-reactive ketones (excluding diaryl/α,β-unsaturated/α-hetero) is 1. The minimum absolute atomic E-state index is 0.00842. The van der Waals surface area contributed by atoms with Crippen molar-refractivity contribution in [2.45, 2.75) is 81.7 Å². The average molecular weight is 535 g/mol. The molecule has 14 heteroatoms. The fourth-order valence-corrected chi connectivity index (χ4v) is 4.08. The van der Waals surface area contributed by atoms with Crippen LogP contribution in [-0.2, 0) is 9.47 Å². The van der Waals surface area contributed by atoms with Crippen LogP contribution in [0.15, 0.2) is 12.1 Å². The lowest BCUT2D eigenvalue weighted by atomic mass is 9.98. The number of phenols is 1.